The Balaban J connectivity index is 1.31. The number of nitrogens with one attached hydrogen (secondary N) is 1. The Morgan fingerprint density at radius 1 is 1.23 bits per heavy atom. The van der Waals surface area contributed by atoms with Crippen LogP contribution in [0.1, 0.15) is 57.6 Å². The van der Waals surface area contributed by atoms with Gasteiger partial charge in [-0.3, -0.25) is 24.2 Å². The van der Waals surface area contributed by atoms with Gasteiger partial charge in [0.15, 0.2) is 11.6 Å². The second-order valence-corrected chi connectivity index (χ2v) is 12.4. The van der Waals surface area contributed by atoms with Gasteiger partial charge in [0, 0.05) is 24.9 Å². The molecule has 1 aliphatic heterocycles. The summed E-state index contributed by atoms with van der Waals surface area (Å²) in [7, 11) is 1.31. The molecule has 1 saturated carbocycles. The van der Waals surface area contributed by atoms with Gasteiger partial charge in [-0.05, 0) is 64.2 Å². The first kappa shape index (κ1) is 34.6. The maximum Gasteiger partial charge on any atom is 0.387 e. The molecule has 1 N–H and O–H groups in total. The van der Waals surface area contributed by atoms with E-state index in [-0.39, 0.29) is 45.5 Å². The van der Waals surface area contributed by atoms with Gasteiger partial charge in [-0.15, -0.1) is 0 Å². The molecule has 2 aromatic heterocycles. The molecule has 254 valence electrons. The minimum Gasteiger partial charge on any atom is -0.480 e. The zero-order valence-corrected chi connectivity index (χ0v) is 28.1. The number of amides is 2. The molecule has 0 bridgehead atoms. The summed E-state index contributed by atoms with van der Waals surface area (Å²) in [6.45, 7) is 8.06. The molecule has 1 saturated heterocycles. The fourth-order valence-electron chi connectivity index (χ4n) is 5.88. The van der Waals surface area contributed by atoms with Gasteiger partial charge in [-0.2, -0.15) is 13.9 Å². The van der Waals surface area contributed by atoms with Crippen molar-refractivity contribution in [2.24, 2.45) is 22.7 Å². The average molecular weight is 686 g/mol. The lowest BCUT2D eigenvalue weighted by Gasteiger charge is -2.21. The van der Waals surface area contributed by atoms with Gasteiger partial charge in [-0.1, -0.05) is 24.1 Å². The molecular weight excluding hydrogens is 651 g/mol. The number of alkyl halides is 2. The average Bonchev–Trinajstić information content (AvgIpc) is 3.30. The number of aliphatic imine (C=N–C) groups is 1. The molecule has 3 heterocycles. The third-order valence-electron chi connectivity index (χ3n) is 8.56. The van der Waals surface area contributed by atoms with Gasteiger partial charge in [0.1, 0.15) is 11.3 Å². The Hall–Kier alpha value is -4.72. The SMILES string of the molecule is COC(=N/C=C(\C)c1c(OC(F)F)ccc(Cl)c1F)C(C(=O)Nc1cnn(C(C)c2cnc(N3CC4C(C)C4C3=O)c(C)n2)c1)=C(C)C. The molecule has 3 aromatic rings. The smallest absolute Gasteiger partial charge is 0.387 e. The highest BCUT2D eigenvalue weighted by Gasteiger charge is 2.59. The number of piperidine rings is 1. The van der Waals surface area contributed by atoms with Crippen molar-refractivity contribution in [1.82, 2.24) is 19.7 Å². The number of carbonyl (C=O) groups excluding carboxylic acids is 2. The van der Waals surface area contributed by atoms with E-state index >= 15 is 0 Å². The van der Waals surface area contributed by atoms with Crippen LogP contribution < -0.4 is 15.0 Å². The molecule has 0 radical (unpaired) electrons. The topological polar surface area (TPSA) is 124 Å². The molecule has 0 spiro atoms. The number of benzene rings is 1. The number of halogens is 4. The second kappa shape index (κ2) is 13.8. The fourth-order valence-corrected chi connectivity index (χ4v) is 6.04. The van der Waals surface area contributed by atoms with Crippen LogP contribution in [-0.2, 0) is 14.3 Å². The zero-order valence-electron chi connectivity index (χ0n) is 27.4. The number of fused-ring (bicyclic) bond motifs is 1. The lowest BCUT2D eigenvalue weighted by molar-refractivity contribution is -0.119. The summed E-state index contributed by atoms with van der Waals surface area (Å²) in [4.78, 5) is 41.4. The molecule has 2 aliphatic rings. The van der Waals surface area contributed by atoms with E-state index in [9.17, 15) is 22.8 Å². The minimum atomic E-state index is -3.19. The van der Waals surface area contributed by atoms with E-state index in [1.54, 1.807) is 35.8 Å². The van der Waals surface area contributed by atoms with Crippen LogP contribution in [-0.4, -0.2) is 57.7 Å². The molecule has 5 rings (SSSR count). The largest absolute Gasteiger partial charge is 0.480 e. The predicted octanol–water partition coefficient (Wildman–Crippen LogP) is 6.59. The minimum absolute atomic E-state index is 0.0820. The highest BCUT2D eigenvalue weighted by molar-refractivity contribution is 6.31. The number of ether oxygens (including phenoxy) is 2. The zero-order chi connectivity index (χ0) is 35.0. The van der Waals surface area contributed by atoms with Crippen LogP contribution in [0.5, 0.6) is 5.75 Å². The Kier molecular flexibility index (Phi) is 9.94. The van der Waals surface area contributed by atoms with Crippen LogP contribution >= 0.6 is 11.6 Å². The lowest BCUT2D eigenvalue weighted by Crippen LogP contribution is -2.31. The number of anilines is 2. The first-order valence-electron chi connectivity index (χ1n) is 15.1. The normalized spacial score (nSPS) is 19.7. The highest BCUT2D eigenvalue weighted by atomic mass is 35.5. The molecule has 15 heteroatoms. The van der Waals surface area contributed by atoms with Gasteiger partial charge >= 0.3 is 6.61 Å². The summed E-state index contributed by atoms with van der Waals surface area (Å²) < 4.78 is 52.3. The van der Waals surface area contributed by atoms with E-state index in [0.29, 0.717) is 46.8 Å². The summed E-state index contributed by atoms with van der Waals surface area (Å²) in [5, 5.41) is 6.88. The number of methoxy groups -OCH3 is 1. The summed E-state index contributed by atoms with van der Waals surface area (Å²) in [6, 6.07) is 1.88. The van der Waals surface area contributed by atoms with Crippen molar-refractivity contribution in [2.45, 2.75) is 54.2 Å². The van der Waals surface area contributed by atoms with Crippen LogP contribution in [0.25, 0.3) is 5.57 Å². The van der Waals surface area contributed by atoms with Gasteiger partial charge in [0.25, 0.3) is 5.91 Å². The van der Waals surface area contributed by atoms with Gasteiger partial charge in [0.05, 0.1) is 53.2 Å². The standard InChI is InChI=1S/C33H35ClF3N7O4/c1-15(2)25(31(47-7)39-10-16(3)26-24(48-33(36)37)9-8-22(34)28(26)35)30(45)42-20-11-40-44(13-20)19(6)23-12-38-29(18(5)41-23)43-14-21-17(4)27(21)32(43)46/h8-13,17,19,21,27,33H,14H2,1-7H3,(H,42,45)/b16-10+,39-31?. The number of allylic oxidation sites excluding steroid dienone is 2. The monoisotopic (exact) mass is 685 g/mol. The van der Waals surface area contributed by atoms with Crippen molar-refractivity contribution in [3.05, 3.63) is 75.9 Å². The quantitative estimate of drug-likeness (QED) is 0.145. The highest BCUT2D eigenvalue weighted by Crippen LogP contribution is 2.53. The third kappa shape index (κ3) is 6.80. The molecule has 1 aliphatic carbocycles. The van der Waals surface area contributed by atoms with Crippen LogP contribution in [0.15, 0.2) is 53.1 Å². The summed E-state index contributed by atoms with van der Waals surface area (Å²) >= 11 is 5.88. The van der Waals surface area contributed by atoms with Gasteiger partial charge in [-0.25, -0.2) is 14.4 Å². The first-order valence-corrected chi connectivity index (χ1v) is 15.5. The van der Waals surface area contributed by atoms with Crippen molar-refractivity contribution in [2.75, 3.05) is 23.9 Å². The van der Waals surface area contributed by atoms with Crippen molar-refractivity contribution in [3.8, 4) is 5.75 Å². The Morgan fingerprint density at radius 2 is 1.96 bits per heavy atom. The Labute approximate surface area is 280 Å². The van der Waals surface area contributed by atoms with Gasteiger partial charge in [0.2, 0.25) is 11.8 Å². The number of rotatable bonds is 10. The van der Waals surface area contributed by atoms with E-state index in [2.05, 4.69) is 32.1 Å². The molecule has 2 fully saturated rings. The van der Waals surface area contributed by atoms with E-state index < -0.39 is 24.1 Å². The van der Waals surface area contributed by atoms with Crippen molar-refractivity contribution in [3.63, 3.8) is 0 Å². The molecule has 11 nitrogen and oxygen atoms in total. The maximum atomic E-state index is 14.9. The first-order chi connectivity index (χ1) is 22.7. The molecule has 4 unspecified atom stereocenters. The van der Waals surface area contributed by atoms with Gasteiger partial charge < -0.3 is 14.8 Å². The molecule has 1 aromatic carbocycles. The van der Waals surface area contributed by atoms with Crippen molar-refractivity contribution < 1.29 is 32.2 Å². The Morgan fingerprint density at radius 3 is 2.56 bits per heavy atom. The van der Waals surface area contributed by atoms with E-state index in [1.165, 1.54) is 26.4 Å². The molecule has 48 heavy (non-hydrogen) atoms. The van der Waals surface area contributed by atoms with Crippen LogP contribution in [0, 0.1) is 30.5 Å². The van der Waals surface area contributed by atoms with E-state index in [0.717, 1.165) is 12.1 Å². The number of hydrogen-bond donors (Lipinski definition) is 1. The molecule has 4 atom stereocenters. The predicted molar refractivity (Wildman–Crippen MR) is 174 cm³/mol. The number of hydrogen-bond acceptors (Lipinski definition) is 8. The number of aryl methyl sites for hydroxylation is 1. The number of carbonyl (C=O) groups is 2. The van der Waals surface area contributed by atoms with Crippen molar-refractivity contribution in [1.29, 1.82) is 0 Å². The number of nitrogens with zero attached hydrogens (tertiary/aromatic N) is 6. The summed E-state index contributed by atoms with van der Waals surface area (Å²) in [6.07, 6.45) is 5.90. The maximum absolute atomic E-state index is 14.9. The lowest BCUT2D eigenvalue weighted by atomic mass is 10.1. The fraction of sp³-hybridized carbons (Fsp3) is 0.394. The van der Waals surface area contributed by atoms with Crippen LogP contribution in [0.4, 0.5) is 24.7 Å². The van der Waals surface area contributed by atoms with Crippen LogP contribution in [0.3, 0.4) is 0 Å². The summed E-state index contributed by atoms with van der Waals surface area (Å²) in [5.74, 6) is -0.496. The third-order valence-corrected chi connectivity index (χ3v) is 8.85. The molecular formula is C33H35ClF3N7O4. The Bertz CT molecular complexity index is 1850. The molecule has 2 amide bonds. The van der Waals surface area contributed by atoms with E-state index in [1.807, 2.05) is 13.8 Å². The second-order valence-electron chi connectivity index (χ2n) is 12.0. The summed E-state index contributed by atoms with van der Waals surface area (Å²) in [5.41, 5.74) is 2.05. The number of aromatic nitrogens is 4. The van der Waals surface area contributed by atoms with Crippen LogP contribution in [0.2, 0.25) is 5.02 Å². The van der Waals surface area contributed by atoms with E-state index in [4.69, 9.17) is 21.3 Å². The van der Waals surface area contributed by atoms with Crippen molar-refractivity contribution >= 4 is 46.4 Å².